The standard InChI is InChI=1S/C30H44O6/c1-15-24(33)11-18-14-35-27(34)30(18,5)23-13-22-20-7-6-17-10-19(32)12-25(36-16(2)31)29(17,4)21(20)8-9-28(22,3)26(15)23/h6,15,18-26,32-33H,7-14H2,1-5H3/t15-,18+,19-,20-,21+,22+,23+,24-,25+,26+,28+,29+,30+/m1/s1. The van der Waals surface area contributed by atoms with Crippen LogP contribution in [-0.4, -0.2) is 47.1 Å². The molecule has 5 aliphatic carbocycles. The quantitative estimate of drug-likeness (QED) is 0.413. The molecule has 0 amide bonds. The molecule has 200 valence electrons. The van der Waals surface area contributed by atoms with Gasteiger partial charge in [0.2, 0.25) is 0 Å². The topological polar surface area (TPSA) is 93.1 Å². The second-order valence-electron chi connectivity index (χ2n) is 14.0. The number of carbonyl (C=O) groups is 2. The molecule has 0 radical (unpaired) electrons. The zero-order chi connectivity index (χ0) is 25.8. The lowest BCUT2D eigenvalue weighted by atomic mass is 9.46. The van der Waals surface area contributed by atoms with E-state index in [1.165, 1.54) is 12.5 Å². The minimum absolute atomic E-state index is 0.0554. The number of allylic oxidation sites excluding steroid dienone is 1. The van der Waals surface area contributed by atoms with Gasteiger partial charge in [-0.2, -0.15) is 0 Å². The zero-order valence-corrected chi connectivity index (χ0v) is 22.5. The van der Waals surface area contributed by atoms with Crippen molar-refractivity contribution < 1.29 is 29.3 Å². The van der Waals surface area contributed by atoms with Crippen LogP contribution in [0.1, 0.15) is 79.6 Å². The van der Waals surface area contributed by atoms with Crippen molar-refractivity contribution in [2.75, 3.05) is 6.61 Å². The van der Waals surface area contributed by atoms with Crippen molar-refractivity contribution in [2.45, 2.75) is 97.9 Å². The van der Waals surface area contributed by atoms with Crippen molar-refractivity contribution in [1.82, 2.24) is 0 Å². The highest BCUT2D eigenvalue weighted by Crippen LogP contribution is 2.72. The predicted octanol–water partition coefficient (Wildman–Crippen LogP) is 4.27. The van der Waals surface area contributed by atoms with E-state index in [1.807, 2.05) is 0 Å². The Morgan fingerprint density at radius 3 is 2.56 bits per heavy atom. The van der Waals surface area contributed by atoms with Crippen molar-refractivity contribution in [2.24, 2.45) is 57.7 Å². The van der Waals surface area contributed by atoms with Gasteiger partial charge in [-0.1, -0.05) is 32.4 Å². The highest BCUT2D eigenvalue weighted by Gasteiger charge is 2.70. The Hall–Kier alpha value is -1.40. The van der Waals surface area contributed by atoms with E-state index in [-0.39, 0.29) is 52.5 Å². The van der Waals surface area contributed by atoms with Gasteiger partial charge in [-0.05, 0) is 86.4 Å². The number of ether oxygens (including phenoxy) is 2. The van der Waals surface area contributed by atoms with Gasteiger partial charge in [0.15, 0.2) is 0 Å². The fourth-order valence-corrected chi connectivity index (χ4v) is 10.9. The highest BCUT2D eigenvalue weighted by molar-refractivity contribution is 5.79. The molecule has 6 rings (SSSR count). The van der Waals surface area contributed by atoms with E-state index in [4.69, 9.17) is 9.47 Å². The molecule has 0 aromatic carbocycles. The smallest absolute Gasteiger partial charge is 0.312 e. The third-order valence-corrected chi connectivity index (χ3v) is 12.8. The van der Waals surface area contributed by atoms with Crippen molar-refractivity contribution >= 4 is 11.9 Å². The first kappa shape index (κ1) is 24.9. The molecule has 1 aliphatic heterocycles. The van der Waals surface area contributed by atoms with Crippen molar-refractivity contribution in [1.29, 1.82) is 0 Å². The summed E-state index contributed by atoms with van der Waals surface area (Å²) in [6.07, 6.45) is 7.09. The summed E-state index contributed by atoms with van der Waals surface area (Å²) < 4.78 is 11.6. The number of hydrogen-bond acceptors (Lipinski definition) is 6. The number of fused-ring (bicyclic) bond motifs is 9. The summed E-state index contributed by atoms with van der Waals surface area (Å²) in [5, 5.41) is 21.9. The summed E-state index contributed by atoms with van der Waals surface area (Å²) in [6, 6.07) is 0. The van der Waals surface area contributed by atoms with Crippen LogP contribution in [0.15, 0.2) is 11.6 Å². The van der Waals surface area contributed by atoms with Crippen molar-refractivity contribution in [3.63, 3.8) is 0 Å². The Bertz CT molecular complexity index is 990. The maximum Gasteiger partial charge on any atom is 0.312 e. The average Bonchev–Trinajstić information content (AvgIpc) is 3.25. The molecule has 1 heterocycles. The molecular formula is C30H44O6. The minimum Gasteiger partial charge on any atom is -0.465 e. The van der Waals surface area contributed by atoms with Crippen LogP contribution in [0.3, 0.4) is 0 Å². The van der Waals surface area contributed by atoms with Crippen LogP contribution in [0.25, 0.3) is 0 Å². The van der Waals surface area contributed by atoms with Gasteiger partial charge in [0.25, 0.3) is 0 Å². The summed E-state index contributed by atoms with van der Waals surface area (Å²) in [4.78, 5) is 25.3. The number of aliphatic hydroxyl groups is 2. The van der Waals surface area contributed by atoms with E-state index < -0.39 is 17.6 Å². The summed E-state index contributed by atoms with van der Waals surface area (Å²) >= 11 is 0. The molecule has 5 fully saturated rings. The maximum atomic E-state index is 13.3. The first-order valence-electron chi connectivity index (χ1n) is 14.3. The Morgan fingerprint density at radius 1 is 1.08 bits per heavy atom. The second kappa shape index (κ2) is 8.05. The number of cyclic esters (lactones) is 1. The van der Waals surface area contributed by atoms with E-state index >= 15 is 0 Å². The monoisotopic (exact) mass is 500 g/mol. The SMILES string of the molecule is CC(=O)O[C@H]1C[C@H](O)CC2=CC[C@H]3[C@@H]4C[C@H]5[C@H]([C@H](C)[C@H](O)C[C@H]6COC(=O)[C@@]65C)[C@@]4(C)CC[C@@H]3[C@]21C. The predicted molar refractivity (Wildman–Crippen MR) is 133 cm³/mol. The lowest BCUT2D eigenvalue weighted by molar-refractivity contribution is -0.167. The zero-order valence-electron chi connectivity index (χ0n) is 22.5. The minimum atomic E-state index is -0.527. The van der Waals surface area contributed by atoms with Crippen LogP contribution >= 0.6 is 0 Å². The third kappa shape index (κ3) is 3.09. The van der Waals surface area contributed by atoms with Gasteiger partial charge in [0, 0.05) is 24.7 Å². The Morgan fingerprint density at radius 2 is 1.83 bits per heavy atom. The van der Waals surface area contributed by atoms with E-state index in [2.05, 4.69) is 33.8 Å². The van der Waals surface area contributed by atoms with Gasteiger partial charge < -0.3 is 19.7 Å². The van der Waals surface area contributed by atoms with Crippen LogP contribution in [0.5, 0.6) is 0 Å². The maximum absolute atomic E-state index is 13.3. The lowest BCUT2D eigenvalue weighted by Gasteiger charge is -2.60. The number of esters is 2. The third-order valence-electron chi connectivity index (χ3n) is 12.8. The molecule has 13 atom stereocenters. The summed E-state index contributed by atoms with van der Waals surface area (Å²) in [5.74, 6) is 1.68. The van der Waals surface area contributed by atoms with Gasteiger partial charge >= 0.3 is 11.9 Å². The molecule has 36 heavy (non-hydrogen) atoms. The lowest BCUT2D eigenvalue weighted by Crippen LogP contribution is -2.56. The Kier molecular flexibility index (Phi) is 5.57. The fraction of sp³-hybridized carbons (Fsp3) is 0.867. The molecule has 0 unspecified atom stereocenters. The molecule has 1 saturated heterocycles. The molecule has 0 aromatic heterocycles. The van der Waals surface area contributed by atoms with Gasteiger partial charge in [0.1, 0.15) is 6.10 Å². The van der Waals surface area contributed by atoms with E-state index in [1.54, 1.807) is 0 Å². The summed E-state index contributed by atoms with van der Waals surface area (Å²) in [6.45, 7) is 11.0. The normalized spacial score (nSPS) is 55.6. The van der Waals surface area contributed by atoms with Crippen molar-refractivity contribution in [3.8, 4) is 0 Å². The van der Waals surface area contributed by atoms with Crippen LogP contribution < -0.4 is 0 Å². The molecule has 6 nitrogen and oxygen atoms in total. The van der Waals surface area contributed by atoms with Crippen LogP contribution in [-0.2, 0) is 19.1 Å². The van der Waals surface area contributed by atoms with Crippen LogP contribution in [0.2, 0.25) is 0 Å². The van der Waals surface area contributed by atoms with Gasteiger partial charge in [-0.15, -0.1) is 0 Å². The molecular weight excluding hydrogens is 456 g/mol. The summed E-state index contributed by atoms with van der Waals surface area (Å²) in [5.41, 5.74) is 0.532. The molecule has 6 aliphatic rings. The fourth-order valence-electron chi connectivity index (χ4n) is 10.9. The molecule has 4 saturated carbocycles. The number of rotatable bonds is 1. The molecule has 0 aromatic rings. The van der Waals surface area contributed by atoms with Gasteiger partial charge in [0.05, 0.1) is 24.2 Å². The number of carbonyl (C=O) groups excluding carboxylic acids is 2. The van der Waals surface area contributed by atoms with Crippen LogP contribution in [0.4, 0.5) is 0 Å². The Labute approximate surface area is 215 Å². The van der Waals surface area contributed by atoms with Gasteiger partial charge in [-0.3, -0.25) is 9.59 Å². The molecule has 2 N–H and O–H groups in total. The van der Waals surface area contributed by atoms with E-state index in [0.717, 1.165) is 25.7 Å². The van der Waals surface area contributed by atoms with Crippen molar-refractivity contribution in [3.05, 3.63) is 11.6 Å². The first-order chi connectivity index (χ1) is 16.9. The van der Waals surface area contributed by atoms with Gasteiger partial charge in [-0.25, -0.2) is 0 Å². The molecule has 0 spiro atoms. The number of aliphatic hydroxyl groups excluding tert-OH is 2. The first-order valence-corrected chi connectivity index (χ1v) is 14.3. The molecule has 0 bridgehead atoms. The van der Waals surface area contributed by atoms with E-state index in [0.29, 0.717) is 43.6 Å². The van der Waals surface area contributed by atoms with Crippen LogP contribution in [0, 0.1) is 57.7 Å². The number of hydrogen-bond donors (Lipinski definition) is 2. The highest BCUT2D eigenvalue weighted by atomic mass is 16.5. The Balaban J connectivity index is 1.40. The largest absolute Gasteiger partial charge is 0.465 e. The van der Waals surface area contributed by atoms with E-state index in [9.17, 15) is 19.8 Å². The average molecular weight is 501 g/mol. The molecule has 6 heteroatoms. The summed E-state index contributed by atoms with van der Waals surface area (Å²) in [7, 11) is 0. The second-order valence-corrected chi connectivity index (χ2v) is 14.0.